The lowest BCUT2D eigenvalue weighted by Crippen LogP contribution is -2.26. The Balaban J connectivity index is 1.48. The molecule has 0 spiro atoms. The van der Waals surface area contributed by atoms with Crippen LogP contribution in [0.25, 0.3) is 0 Å². The second kappa shape index (κ2) is 14.5. The fraction of sp³-hybridized carbons (Fsp3) is 0.517. The molecule has 0 saturated carbocycles. The molecule has 2 aromatic rings. The molecule has 6 nitrogen and oxygen atoms in total. The van der Waals surface area contributed by atoms with Crippen LogP contribution >= 0.6 is 0 Å². The van der Waals surface area contributed by atoms with Crippen molar-refractivity contribution in [2.75, 3.05) is 13.1 Å². The second-order valence-electron chi connectivity index (χ2n) is 9.58. The number of nitrogens with two attached hydrogens (primary N) is 2. The Morgan fingerprint density at radius 1 is 0.914 bits per heavy atom. The Hall–Kier alpha value is -2.86. The molecule has 5 N–H and O–H groups in total. The smallest absolute Gasteiger partial charge is 0.407 e. The highest BCUT2D eigenvalue weighted by atomic mass is 16.5. The van der Waals surface area contributed by atoms with Crippen LogP contribution in [0.5, 0.6) is 0 Å². The first kappa shape index (κ1) is 26.7. The number of nitrogens with one attached hydrogen (secondary N) is 1. The summed E-state index contributed by atoms with van der Waals surface area (Å²) in [5.41, 5.74) is 18.0. The van der Waals surface area contributed by atoms with Gasteiger partial charge in [0.25, 0.3) is 0 Å². The van der Waals surface area contributed by atoms with Crippen molar-refractivity contribution in [1.82, 2.24) is 5.32 Å². The third kappa shape index (κ3) is 8.70. The molecular weight excluding hydrogens is 438 g/mol. The van der Waals surface area contributed by atoms with Crippen molar-refractivity contribution in [3.8, 4) is 0 Å². The summed E-state index contributed by atoms with van der Waals surface area (Å²) in [5, 5.41) is 2.85. The number of amides is 2. The zero-order valence-corrected chi connectivity index (χ0v) is 20.9. The molecule has 0 fully saturated rings. The summed E-state index contributed by atoms with van der Waals surface area (Å²) in [5.74, 6) is -0.323. The van der Waals surface area contributed by atoms with Crippen LogP contribution in [-0.2, 0) is 41.8 Å². The van der Waals surface area contributed by atoms with E-state index in [0.717, 1.165) is 63.4 Å². The fourth-order valence-corrected chi connectivity index (χ4v) is 4.99. The molecular formula is C29H41N3O3. The summed E-state index contributed by atoms with van der Waals surface area (Å²) in [6.07, 6.45) is 10.6. The van der Waals surface area contributed by atoms with E-state index in [-0.39, 0.29) is 24.5 Å². The van der Waals surface area contributed by atoms with E-state index >= 15 is 0 Å². The number of hydrogen-bond acceptors (Lipinski definition) is 4. The molecule has 0 saturated heterocycles. The molecule has 0 radical (unpaired) electrons. The highest BCUT2D eigenvalue weighted by Gasteiger charge is 2.21. The summed E-state index contributed by atoms with van der Waals surface area (Å²) in [6.45, 7) is 1.55. The highest BCUT2D eigenvalue weighted by molar-refractivity contribution is 5.77. The zero-order valence-electron chi connectivity index (χ0n) is 20.9. The largest absolute Gasteiger partial charge is 0.445 e. The number of fused-ring (bicyclic) bond motifs is 1. The second-order valence-corrected chi connectivity index (χ2v) is 9.58. The molecule has 1 aliphatic rings. The van der Waals surface area contributed by atoms with Gasteiger partial charge < -0.3 is 21.5 Å². The number of hydrogen-bond donors (Lipinski definition) is 3. The number of rotatable bonds is 14. The van der Waals surface area contributed by atoms with Gasteiger partial charge in [-0.25, -0.2) is 4.79 Å². The maximum Gasteiger partial charge on any atom is 0.407 e. The lowest BCUT2D eigenvalue weighted by molar-refractivity contribution is -0.122. The van der Waals surface area contributed by atoms with E-state index in [0.29, 0.717) is 13.1 Å². The summed E-state index contributed by atoms with van der Waals surface area (Å²) < 4.78 is 5.27. The monoisotopic (exact) mass is 479 g/mol. The van der Waals surface area contributed by atoms with Gasteiger partial charge >= 0.3 is 6.09 Å². The highest BCUT2D eigenvalue weighted by Crippen LogP contribution is 2.31. The van der Waals surface area contributed by atoms with Gasteiger partial charge in [0.15, 0.2) is 0 Å². The van der Waals surface area contributed by atoms with Crippen LogP contribution in [0.15, 0.2) is 42.5 Å². The standard InChI is InChI=1S/C29H41N3O3/c30-18-8-6-13-25(28(31)33)20-24-17-16-23(26-14-4-5-15-27(24)26)12-7-9-19-32-29(34)35-21-22-10-2-1-3-11-22/h1-3,10-11,16-17,25H,4-9,12-15,18-21,30H2,(H2,31,33)(H,32,34)/t25-/m0/s1. The van der Waals surface area contributed by atoms with E-state index < -0.39 is 0 Å². The first-order valence-electron chi connectivity index (χ1n) is 13.1. The van der Waals surface area contributed by atoms with E-state index in [1.54, 1.807) is 0 Å². The minimum Gasteiger partial charge on any atom is -0.445 e. The first-order valence-corrected chi connectivity index (χ1v) is 13.1. The van der Waals surface area contributed by atoms with E-state index in [1.807, 2.05) is 30.3 Å². The van der Waals surface area contributed by atoms with Gasteiger partial charge in [0.1, 0.15) is 6.61 Å². The molecule has 2 amide bonds. The number of aryl methyl sites for hydroxylation is 1. The molecule has 0 bridgehead atoms. The van der Waals surface area contributed by atoms with Crippen LogP contribution in [0.2, 0.25) is 0 Å². The van der Waals surface area contributed by atoms with Gasteiger partial charge in [0, 0.05) is 12.5 Å². The van der Waals surface area contributed by atoms with Crippen molar-refractivity contribution in [3.05, 3.63) is 70.3 Å². The van der Waals surface area contributed by atoms with Crippen LogP contribution < -0.4 is 16.8 Å². The topological polar surface area (TPSA) is 107 Å². The third-order valence-corrected chi connectivity index (χ3v) is 6.96. The van der Waals surface area contributed by atoms with Crippen LogP contribution in [0.1, 0.15) is 72.8 Å². The number of ether oxygens (including phenoxy) is 1. The summed E-state index contributed by atoms with van der Waals surface area (Å²) in [4.78, 5) is 24.0. The van der Waals surface area contributed by atoms with E-state index in [2.05, 4.69) is 17.4 Å². The Labute approximate surface area is 209 Å². The van der Waals surface area contributed by atoms with Crippen molar-refractivity contribution in [2.24, 2.45) is 17.4 Å². The van der Waals surface area contributed by atoms with E-state index in [4.69, 9.17) is 16.2 Å². The molecule has 1 aliphatic carbocycles. The minimum absolute atomic E-state index is 0.119. The Bertz CT molecular complexity index is 946. The minimum atomic E-state index is -0.369. The van der Waals surface area contributed by atoms with Crippen LogP contribution in [0.3, 0.4) is 0 Å². The summed E-state index contributed by atoms with van der Waals surface area (Å²) in [7, 11) is 0. The van der Waals surface area contributed by atoms with E-state index in [9.17, 15) is 9.59 Å². The SMILES string of the molecule is NCCCC[C@@H](Cc1ccc(CCCCNC(=O)OCc2ccccc2)c2c1CCCC2)C(N)=O. The zero-order chi connectivity index (χ0) is 24.9. The third-order valence-electron chi connectivity index (χ3n) is 6.96. The molecule has 3 rings (SSSR count). The number of carbonyl (C=O) groups excluding carboxylic acids is 2. The average molecular weight is 480 g/mol. The number of primary amides is 1. The maximum atomic E-state index is 12.0. The maximum absolute atomic E-state index is 12.0. The van der Waals surface area contributed by atoms with Gasteiger partial charge in [-0.15, -0.1) is 0 Å². The molecule has 0 unspecified atom stereocenters. The molecule has 2 aromatic carbocycles. The van der Waals surface area contributed by atoms with Gasteiger partial charge in [0.2, 0.25) is 5.91 Å². The van der Waals surface area contributed by atoms with Crippen molar-refractivity contribution < 1.29 is 14.3 Å². The van der Waals surface area contributed by atoms with Gasteiger partial charge in [-0.2, -0.15) is 0 Å². The molecule has 190 valence electrons. The average Bonchev–Trinajstić information content (AvgIpc) is 2.88. The van der Waals surface area contributed by atoms with Gasteiger partial charge in [-0.05, 0) is 98.6 Å². The molecule has 1 atom stereocenters. The Morgan fingerprint density at radius 3 is 2.34 bits per heavy atom. The van der Waals surface area contributed by atoms with Crippen molar-refractivity contribution in [1.29, 1.82) is 0 Å². The van der Waals surface area contributed by atoms with E-state index in [1.165, 1.54) is 35.1 Å². The molecule has 6 heteroatoms. The number of benzene rings is 2. The van der Waals surface area contributed by atoms with Gasteiger partial charge in [-0.1, -0.05) is 48.9 Å². The normalized spacial score (nSPS) is 13.6. The first-order chi connectivity index (χ1) is 17.1. The predicted octanol–water partition coefficient (Wildman–Crippen LogP) is 4.59. The number of alkyl carbamates (subject to hydrolysis) is 1. The van der Waals surface area contributed by atoms with Gasteiger partial charge in [0.05, 0.1) is 0 Å². The van der Waals surface area contributed by atoms with Crippen molar-refractivity contribution >= 4 is 12.0 Å². The molecule has 0 heterocycles. The molecule has 35 heavy (non-hydrogen) atoms. The van der Waals surface area contributed by atoms with Crippen LogP contribution in [-0.4, -0.2) is 25.1 Å². The summed E-state index contributed by atoms with van der Waals surface area (Å²) >= 11 is 0. The van der Waals surface area contributed by atoms with Gasteiger partial charge in [-0.3, -0.25) is 4.79 Å². The Morgan fingerprint density at radius 2 is 1.63 bits per heavy atom. The quantitative estimate of drug-likeness (QED) is 0.345. The number of carbonyl (C=O) groups is 2. The van der Waals surface area contributed by atoms with Crippen molar-refractivity contribution in [2.45, 2.75) is 77.2 Å². The van der Waals surface area contributed by atoms with Crippen LogP contribution in [0, 0.1) is 5.92 Å². The molecule has 0 aromatic heterocycles. The predicted molar refractivity (Wildman–Crippen MR) is 140 cm³/mol. The summed E-state index contributed by atoms with van der Waals surface area (Å²) in [6, 6.07) is 14.2. The lowest BCUT2D eigenvalue weighted by Gasteiger charge is -2.24. The van der Waals surface area contributed by atoms with Crippen molar-refractivity contribution in [3.63, 3.8) is 0 Å². The number of unbranched alkanes of at least 4 members (excludes halogenated alkanes) is 2. The fourth-order valence-electron chi connectivity index (χ4n) is 4.99. The Kier molecular flexibility index (Phi) is 11.1. The molecule has 0 aliphatic heterocycles. The van der Waals surface area contributed by atoms with Crippen LogP contribution in [0.4, 0.5) is 4.79 Å². The lowest BCUT2D eigenvalue weighted by atomic mass is 9.81.